The molecule has 10 heteroatoms. The van der Waals surface area contributed by atoms with Crippen LogP contribution >= 0.6 is 0 Å². The standard InChI is InChI=1S/C21H23FN8O/c1-12-8-14-13(9-28(4)25-14)16-18(12)23-11-24-20(16)29-6-5-7-30-15(10-29)17(22)19(26-30)21(31)27(2)3/h8-9,11H,5-7,10H2,1-4H3. The largest absolute Gasteiger partial charge is 0.350 e. The van der Waals surface area contributed by atoms with Crippen molar-refractivity contribution in [1.29, 1.82) is 0 Å². The zero-order valence-electron chi connectivity index (χ0n) is 17.9. The smallest absolute Gasteiger partial charge is 0.276 e. The molecule has 1 aliphatic rings. The fourth-order valence-corrected chi connectivity index (χ4v) is 4.25. The Balaban J connectivity index is 1.66. The van der Waals surface area contributed by atoms with E-state index in [-0.39, 0.29) is 12.2 Å². The van der Waals surface area contributed by atoms with Gasteiger partial charge < -0.3 is 9.80 Å². The van der Waals surface area contributed by atoms with E-state index in [1.54, 1.807) is 29.8 Å². The molecule has 4 aromatic rings. The van der Waals surface area contributed by atoms with Crippen LogP contribution in [0.4, 0.5) is 10.2 Å². The summed E-state index contributed by atoms with van der Waals surface area (Å²) in [5.41, 5.74) is 2.99. The molecule has 0 saturated heterocycles. The fourth-order valence-electron chi connectivity index (χ4n) is 4.25. The summed E-state index contributed by atoms with van der Waals surface area (Å²) >= 11 is 0. The van der Waals surface area contributed by atoms with Gasteiger partial charge in [0.15, 0.2) is 11.5 Å². The van der Waals surface area contributed by atoms with Crippen molar-refractivity contribution < 1.29 is 9.18 Å². The molecule has 0 aliphatic carbocycles. The lowest BCUT2D eigenvalue weighted by Crippen LogP contribution is -2.25. The molecule has 4 heterocycles. The Morgan fingerprint density at radius 3 is 2.77 bits per heavy atom. The molecule has 31 heavy (non-hydrogen) atoms. The number of anilines is 1. The number of rotatable bonds is 2. The van der Waals surface area contributed by atoms with Crippen molar-refractivity contribution in [1.82, 2.24) is 34.4 Å². The van der Waals surface area contributed by atoms with E-state index in [0.29, 0.717) is 18.8 Å². The van der Waals surface area contributed by atoms with Gasteiger partial charge in [-0.25, -0.2) is 14.4 Å². The summed E-state index contributed by atoms with van der Waals surface area (Å²) in [7, 11) is 5.06. The number of hydrogen-bond acceptors (Lipinski definition) is 6. The van der Waals surface area contributed by atoms with Crippen molar-refractivity contribution in [2.24, 2.45) is 7.05 Å². The molecule has 0 radical (unpaired) electrons. The molecule has 0 unspecified atom stereocenters. The maximum atomic E-state index is 15.2. The van der Waals surface area contributed by atoms with Crippen molar-refractivity contribution in [2.75, 3.05) is 25.5 Å². The predicted octanol–water partition coefficient (Wildman–Crippen LogP) is 2.27. The van der Waals surface area contributed by atoms with Crippen molar-refractivity contribution in [2.45, 2.75) is 26.4 Å². The Bertz CT molecular complexity index is 1340. The van der Waals surface area contributed by atoms with E-state index >= 15 is 4.39 Å². The molecule has 1 aliphatic heterocycles. The van der Waals surface area contributed by atoms with Crippen LogP contribution in [0.5, 0.6) is 0 Å². The number of nitrogens with zero attached hydrogens (tertiary/aromatic N) is 8. The topological polar surface area (TPSA) is 85.0 Å². The minimum atomic E-state index is -0.563. The second-order valence-electron chi connectivity index (χ2n) is 8.16. The SMILES string of the molecule is Cc1cc2nn(C)cc2c2c(N3CCCn4nc(C(=O)N(C)C)c(F)c4C3)ncnc12. The quantitative estimate of drug-likeness (QED) is 0.493. The first-order valence-corrected chi connectivity index (χ1v) is 10.1. The molecule has 9 nitrogen and oxygen atoms in total. The van der Waals surface area contributed by atoms with Crippen LogP contribution in [0.1, 0.15) is 28.2 Å². The molecule has 0 bridgehead atoms. The Morgan fingerprint density at radius 2 is 2.00 bits per heavy atom. The van der Waals surface area contributed by atoms with E-state index in [0.717, 1.165) is 39.6 Å². The van der Waals surface area contributed by atoms with Gasteiger partial charge in [-0.1, -0.05) is 0 Å². The van der Waals surface area contributed by atoms with Crippen molar-refractivity contribution in [3.63, 3.8) is 0 Å². The van der Waals surface area contributed by atoms with Crippen LogP contribution in [0.3, 0.4) is 0 Å². The normalized spacial score (nSPS) is 14.2. The Kier molecular flexibility index (Phi) is 4.38. The monoisotopic (exact) mass is 422 g/mol. The fraction of sp³-hybridized carbons (Fsp3) is 0.381. The number of aryl methyl sites for hydroxylation is 3. The number of aromatic nitrogens is 6. The summed E-state index contributed by atoms with van der Waals surface area (Å²) in [6.07, 6.45) is 4.25. The van der Waals surface area contributed by atoms with Crippen LogP contribution in [0, 0.1) is 12.7 Å². The zero-order chi connectivity index (χ0) is 21.9. The molecule has 1 aromatic carbocycles. The highest BCUT2D eigenvalue weighted by atomic mass is 19.1. The first kappa shape index (κ1) is 19.4. The van der Waals surface area contributed by atoms with E-state index in [1.165, 1.54) is 4.90 Å². The van der Waals surface area contributed by atoms with Gasteiger partial charge in [0.1, 0.15) is 12.1 Å². The van der Waals surface area contributed by atoms with Gasteiger partial charge >= 0.3 is 0 Å². The molecule has 0 saturated carbocycles. The first-order chi connectivity index (χ1) is 14.8. The Hall–Kier alpha value is -3.56. The molecule has 3 aromatic heterocycles. The van der Waals surface area contributed by atoms with E-state index < -0.39 is 11.7 Å². The lowest BCUT2D eigenvalue weighted by atomic mass is 10.1. The highest BCUT2D eigenvalue weighted by Gasteiger charge is 2.29. The lowest BCUT2D eigenvalue weighted by molar-refractivity contribution is 0.0816. The van der Waals surface area contributed by atoms with E-state index in [9.17, 15) is 4.79 Å². The van der Waals surface area contributed by atoms with Crippen molar-refractivity contribution in [3.8, 4) is 0 Å². The lowest BCUT2D eigenvalue weighted by Gasteiger charge is -2.23. The summed E-state index contributed by atoms with van der Waals surface area (Å²) in [6, 6.07) is 2.02. The number of halogens is 1. The maximum Gasteiger partial charge on any atom is 0.276 e. The average Bonchev–Trinajstić information content (AvgIpc) is 3.17. The molecule has 0 spiro atoms. The molecule has 0 fully saturated rings. The van der Waals surface area contributed by atoms with Crippen LogP contribution in [0.15, 0.2) is 18.6 Å². The van der Waals surface area contributed by atoms with Gasteiger partial charge in [-0.2, -0.15) is 10.2 Å². The molecule has 0 N–H and O–H groups in total. The predicted molar refractivity (Wildman–Crippen MR) is 114 cm³/mol. The second kappa shape index (κ2) is 7.00. The summed E-state index contributed by atoms with van der Waals surface area (Å²) in [4.78, 5) is 24.8. The van der Waals surface area contributed by atoms with Crippen LogP contribution in [-0.4, -0.2) is 61.0 Å². The Labute approximate surface area is 178 Å². The number of benzene rings is 1. The first-order valence-electron chi connectivity index (χ1n) is 10.1. The van der Waals surface area contributed by atoms with Gasteiger partial charge in [-0.15, -0.1) is 0 Å². The van der Waals surface area contributed by atoms with E-state index in [4.69, 9.17) is 0 Å². The highest BCUT2D eigenvalue weighted by molar-refractivity contribution is 6.11. The van der Waals surface area contributed by atoms with Gasteiger partial charge in [0, 0.05) is 45.8 Å². The third-order valence-corrected chi connectivity index (χ3v) is 5.72. The summed E-state index contributed by atoms with van der Waals surface area (Å²) in [5.74, 6) is -0.266. The summed E-state index contributed by atoms with van der Waals surface area (Å²) in [5, 5.41) is 10.7. The third kappa shape index (κ3) is 3.01. The maximum absolute atomic E-state index is 15.2. The number of amides is 1. The Morgan fingerprint density at radius 1 is 1.19 bits per heavy atom. The highest BCUT2D eigenvalue weighted by Crippen LogP contribution is 2.34. The van der Waals surface area contributed by atoms with Gasteiger partial charge in [0.2, 0.25) is 0 Å². The van der Waals surface area contributed by atoms with Gasteiger partial charge in [0.25, 0.3) is 5.91 Å². The van der Waals surface area contributed by atoms with Crippen LogP contribution in [-0.2, 0) is 20.1 Å². The number of carbonyl (C=O) groups excluding carboxylic acids is 1. The van der Waals surface area contributed by atoms with Crippen LogP contribution < -0.4 is 4.90 Å². The van der Waals surface area contributed by atoms with Gasteiger partial charge in [-0.3, -0.25) is 14.2 Å². The number of hydrogen-bond donors (Lipinski definition) is 0. The van der Waals surface area contributed by atoms with Gasteiger partial charge in [0.05, 0.1) is 28.7 Å². The summed E-state index contributed by atoms with van der Waals surface area (Å²) in [6.45, 7) is 3.49. The molecular weight excluding hydrogens is 399 g/mol. The molecule has 5 rings (SSSR count). The molecular formula is C21H23FN8O. The molecule has 1 amide bonds. The minimum Gasteiger partial charge on any atom is -0.350 e. The number of fused-ring (bicyclic) bond motifs is 4. The van der Waals surface area contributed by atoms with Crippen LogP contribution in [0.25, 0.3) is 21.8 Å². The third-order valence-electron chi connectivity index (χ3n) is 5.72. The van der Waals surface area contributed by atoms with E-state index in [1.807, 2.05) is 31.1 Å². The zero-order valence-corrected chi connectivity index (χ0v) is 17.9. The molecule has 160 valence electrons. The number of carbonyl (C=O) groups is 1. The van der Waals surface area contributed by atoms with Crippen LogP contribution in [0.2, 0.25) is 0 Å². The van der Waals surface area contributed by atoms with Gasteiger partial charge in [-0.05, 0) is 25.0 Å². The molecule has 0 atom stereocenters. The second-order valence-corrected chi connectivity index (χ2v) is 8.16. The minimum absolute atomic E-state index is 0.139. The average molecular weight is 422 g/mol. The van der Waals surface area contributed by atoms with E-state index in [2.05, 4.69) is 20.2 Å². The van der Waals surface area contributed by atoms with Crippen molar-refractivity contribution in [3.05, 3.63) is 41.4 Å². The summed E-state index contributed by atoms with van der Waals surface area (Å²) < 4.78 is 18.6. The van der Waals surface area contributed by atoms with Crippen molar-refractivity contribution >= 4 is 33.5 Å².